The smallest absolute Gasteiger partial charge is 0.131 e. The maximum Gasteiger partial charge on any atom is 0.131 e. The first-order valence-electron chi connectivity index (χ1n) is 9.19. The first-order chi connectivity index (χ1) is 12.6. The predicted octanol–water partition coefficient (Wildman–Crippen LogP) is 4.55. The third-order valence-corrected chi connectivity index (χ3v) is 5.97. The van der Waals surface area contributed by atoms with Crippen molar-refractivity contribution in [3.05, 3.63) is 64.4 Å². The van der Waals surface area contributed by atoms with Gasteiger partial charge in [0.15, 0.2) is 0 Å². The van der Waals surface area contributed by atoms with E-state index in [0.29, 0.717) is 22.7 Å². The van der Waals surface area contributed by atoms with Crippen LogP contribution in [0.2, 0.25) is 5.02 Å². The standard InChI is InChI=1S/C21H23ClFNO2/c22-19-5-3-6-20(23)18(19)13-26-21-7-2-1-4-14(21)12-24-15-8-9-16(24)11-17(25)10-15/h1-7,15-17,25H,8-13H2/t15-,16+,17?. The average Bonchev–Trinajstić information content (AvgIpc) is 2.85. The lowest BCUT2D eigenvalue weighted by Crippen LogP contribution is -2.44. The van der Waals surface area contributed by atoms with Crippen LogP contribution < -0.4 is 4.74 Å². The van der Waals surface area contributed by atoms with Crippen molar-refractivity contribution in [3.8, 4) is 5.75 Å². The number of nitrogens with zero attached hydrogens (tertiary/aromatic N) is 1. The van der Waals surface area contributed by atoms with Gasteiger partial charge in [0.1, 0.15) is 18.2 Å². The van der Waals surface area contributed by atoms with Crippen molar-refractivity contribution >= 4 is 11.6 Å². The first-order valence-corrected chi connectivity index (χ1v) is 9.57. The van der Waals surface area contributed by atoms with Gasteiger partial charge in [0.05, 0.1) is 11.1 Å². The zero-order valence-corrected chi connectivity index (χ0v) is 15.3. The molecule has 0 aliphatic carbocycles. The summed E-state index contributed by atoms with van der Waals surface area (Å²) in [5.41, 5.74) is 1.47. The summed E-state index contributed by atoms with van der Waals surface area (Å²) in [6, 6.07) is 13.5. The van der Waals surface area contributed by atoms with Crippen LogP contribution in [0.4, 0.5) is 4.39 Å². The Balaban J connectivity index is 1.49. The van der Waals surface area contributed by atoms with Crippen LogP contribution in [0.15, 0.2) is 42.5 Å². The van der Waals surface area contributed by atoms with Gasteiger partial charge in [-0.1, -0.05) is 35.9 Å². The number of aliphatic hydroxyl groups is 1. The molecule has 3 nitrogen and oxygen atoms in total. The second-order valence-electron chi connectivity index (χ2n) is 7.28. The fourth-order valence-electron chi connectivity index (χ4n) is 4.30. The molecule has 0 spiro atoms. The number of aliphatic hydroxyl groups excluding tert-OH is 1. The van der Waals surface area contributed by atoms with Crippen molar-refractivity contribution in [1.29, 1.82) is 0 Å². The molecule has 2 heterocycles. The van der Waals surface area contributed by atoms with E-state index in [4.69, 9.17) is 16.3 Å². The van der Waals surface area contributed by atoms with Gasteiger partial charge in [0, 0.05) is 29.8 Å². The zero-order chi connectivity index (χ0) is 18.1. The third-order valence-electron chi connectivity index (χ3n) is 5.62. The molecule has 26 heavy (non-hydrogen) atoms. The molecule has 0 aromatic heterocycles. The number of hydrogen-bond acceptors (Lipinski definition) is 3. The molecule has 2 aromatic rings. The molecule has 4 rings (SSSR count). The summed E-state index contributed by atoms with van der Waals surface area (Å²) < 4.78 is 19.9. The lowest BCUT2D eigenvalue weighted by Gasteiger charge is -2.37. The molecular formula is C21H23ClFNO2. The molecular weight excluding hydrogens is 353 g/mol. The largest absolute Gasteiger partial charge is 0.488 e. The summed E-state index contributed by atoms with van der Waals surface area (Å²) in [7, 11) is 0. The normalized spacial score (nSPS) is 25.4. The number of fused-ring (bicyclic) bond motifs is 2. The highest BCUT2D eigenvalue weighted by Gasteiger charge is 2.40. The molecule has 1 N–H and O–H groups in total. The molecule has 2 bridgehead atoms. The molecule has 2 aliphatic heterocycles. The molecule has 5 heteroatoms. The van der Waals surface area contributed by atoms with Gasteiger partial charge >= 0.3 is 0 Å². The lowest BCUT2D eigenvalue weighted by molar-refractivity contribution is 0.0305. The average molecular weight is 376 g/mol. The highest BCUT2D eigenvalue weighted by Crippen LogP contribution is 2.38. The fourth-order valence-corrected chi connectivity index (χ4v) is 4.51. The molecule has 138 valence electrons. The van der Waals surface area contributed by atoms with Crippen molar-refractivity contribution < 1.29 is 14.2 Å². The van der Waals surface area contributed by atoms with E-state index in [1.54, 1.807) is 12.1 Å². The summed E-state index contributed by atoms with van der Waals surface area (Å²) in [6.07, 6.45) is 3.83. The van der Waals surface area contributed by atoms with Gasteiger partial charge in [0.2, 0.25) is 0 Å². The summed E-state index contributed by atoms with van der Waals surface area (Å²) >= 11 is 6.10. The van der Waals surface area contributed by atoms with Crippen LogP contribution in [-0.4, -0.2) is 28.2 Å². The molecule has 0 radical (unpaired) electrons. The van der Waals surface area contributed by atoms with Crippen LogP contribution in [0.5, 0.6) is 5.75 Å². The second kappa shape index (κ2) is 7.55. The van der Waals surface area contributed by atoms with E-state index in [9.17, 15) is 9.50 Å². The van der Waals surface area contributed by atoms with Crippen LogP contribution in [0.3, 0.4) is 0 Å². The van der Waals surface area contributed by atoms with E-state index in [0.717, 1.165) is 43.5 Å². The molecule has 0 amide bonds. The van der Waals surface area contributed by atoms with E-state index in [-0.39, 0.29) is 18.5 Å². The summed E-state index contributed by atoms with van der Waals surface area (Å²) in [5.74, 6) is 0.412. The van der Waals surface area contributed by atoms with E-state index in [1.165, 1.54) is 6.07 Å². The van der Waals surface area contributed by atoms with E-state index in [1.807, 2.05) is 18.2 Å². The highest BCUT2D eigenvalue weighted by atomic mass is 35.5. The van der Waals surface area contributed by atoms with Crippen LogP contribution >= 0.6 is 11.6 Å². The van der Waals surface area contributed by atoms with E-state index >= 15 is 0 Å². The zero-order valence-electron chi connectivity index (χ0n) is 14.6. The van der Waals surface area contributed by atoms with Crippen molar-refractivity contribution in [2.75, 3.05) is 0 Å². The number of para-hydroxylation sites is 1. The summed E-state index contributed by atoms with van der Waals surface area (Å²) in [4.78, 5) is 2.49. The molecule has 1 unspecified atom stereocenters. The topological polar surface area (TPSA) is 32.7 Å². The Kier molecular flexibility index (Phi) is 5.16. The summed E-state index contributed by atoms with van der Waals surface area (Å²) in [6.45, 7) is 0.900. The third kappa shape index (κ3) is 3.59. The number of benzene rings is 2. The SMILES string of the molecule is OC1C[C@H]2CC[C@@H](C1)N2Cc1ccccc1OCc1c(F)cccc1Cl. The van der Waals surface area contributed by atoms with Crippen LogP contribution in [0.25, 0.3) is 0 Å². The van der Waals surface area contributed by atoms with Crippen LogP contribution in [-0.2, 0) is 13.2 Å². The van der Waals surface area contributed by atoms with Gasteiger partial charge in [-0.2, -0.15) is 0 Å². The minimum Gasteiger partial charge on any atom is -0.488 e. The van der Waals surface area contributed by atoms with Crippen molar-refractivity contribution in [2.45, 2.75) is 57.0 Å². The number of piperidine rings is 1. The van der Waals surface area contributed by atoms with Gasteiger partial charge in [0.25, 0.3) is 0 Å². The number of halogens is 2. The van der Waals surface area contributed by atoms with Gasteiger partial charge in [-0.05, 0) is 43.9 Å². The van der Waals surface area contributed by atoms with E-state index < -0.39 is 0 Å². The van der Waals surface area contributed by atoms with Gasteiger partial charge in [-0.15, -0.1) is 0 Å². The number of ether oxygens (including phenoxy) is 1. The van der Waals surface area contributed by atoms with Crippen LogP contribution in [0, 0.1) is 5.82 Å². The Morgan fingerprint density at radius 1 is 1.08 bits per heavy atom. The van der Waals surface area contributed by atoms with Gasteiger partial charge in [-0.25, -0.2) is 4.39 Å². The highest BCUT2D eigenvalue weighted by molar-refractivity contribution is 6.31. The quantitative estimate of drug-likeness (QED) is 0.832. The lowest BCUT2D eigenvalue weighted by atomic mass is 9.99. The minimum atomic E-state index is -0.349. The Bertz CT molecular complexity index is 750. The maximum atomic E-state index is 14.0. The van der Waals surface area contributed by atoms with Crippen molar-refractivity contribution in [1.82, 2.24) is 4.90 Å². The Morgan fingerprint density at radius 3 is 2.54 bits per heavy atom. The fraction of sp³-hybridized carbons (Fsp3) is 0.429. The predicted molar refractivity (Wildman–Crippen MR) is 99.8 cm³/mol. The van der Waals surface area contributed by atoms with E-state index in [2.05, 4.69) is 11.0 Å². The Hall–Kier alpha value is -1.62. The summed E-state index contributed by atoms with van der Waals surface area (Å²) in [5, 5.41) is 10.4. The molecule has 2 aromatic carbocycles. The van der Waals surface area contributed by atoms with Crippen molar-refractivity contribution in [2.24, 2.45) is 0 Å². The Labute approximate surface area is 158 Å². The first kappa shape index (κ1) is 17.8. The number of hydrogen-bond donors (Lipinski definition) is 1. The molecule has 0 saturated carbocycles. The molecule has 2 fully saturated rings. The second-order valence-corrected chi connectivity index (χ2v) is 7.69. The Morgan fingerprint density at radius 2 is 1.81 bits per heavy atom. The molecule has 2 saturated heterocycles. The maximum absolute atomic E-state index is 14.0. The minimum absolute atomic E-state index is 0.105. The number of rotatable bonds is 5. The van der Waals surface area contributed by atoms with Gasteiger partial charge < -0.3 is 9.84 Å². The molecule has 3 atom stereocenters. The van der Waals surface area contributed by atoms with Crippen LogP contribution in [0.1, 0.15) is 36.8 Å². The van der Waals surface area contributed by atoms with Gasteiger partial charge in [-0.3, -0.25) is 4.90 Å². The monoisotopic (exact) mass is 375 g/mol. The molecule has 2 aliphatic rings. The van der Waals surface area contributed by atoms with Crippen molar-refractivity contribution in [3.63, 3.8) is 0 Å².